The summed E-state index contributed by atoms with van der Waals surface area (Å²) in [7, 11) is 0. The van der Waals surface area contributed by atoms with Gasteiger partial charge in [-0.2, -0.15) is 0 Å². The Morgan fingerprint density at radius 2 is 2.36 bits per heavy atom. The molecule has 0 aliphatic rings. The molecule has 1 unspecified atom stereocenters. The first-order chi connectivity index (χ1) is 6.77. The molecule has 0 aliphatic heterocycles. The summed E-state index contributed by atoms with van der Waals surface area (Å²) in [4.78, 5) is 0. The van der Waals surface area contributed by atoms with Gasteiger partial charge >= 0.3 is 0 Å². The van der Waals surface area contributed by atoms with Crippen LogP contribution >= 0.6 is 0 Å². The van der Waals surface area contributed by atoms with Crippen molar-refractivity contribution in [1.29, 1.82) is 0 Å². The lowest BCUT2D eigenvalue weighted by Gasteiger charge is -2.02. The third-order valence-electron chi connectivity index (χ3n) is 2.10. The van der Waals surface area contributed by atoms with Gasteiger partial charge in [-0.25, -0.2) is 0 Å². The molecule has 2 nitrogen and oxygen atoms in total. The molecule has 1 aromatic rings. The highest BCUT2D eigenvalue weighted by Crippen LogP contribution is 2.19. The molecule has 1 rings (SSSR count). The molecule has 0 fully saturated rings. The second-order valence-electron chi connectivity index (χ2n) is 3.33. The second-order valence-corrected chi connectivity index (χ2v) is 3.33. The lowest BCUT2D eigenvalue weighted by atomic mass is 10.2. The first kappa shape index (κ1) is 10.9. The fourth-order valence-electron chi connectivity index (χ4n) is 1.27. The molecule has 1 aromatic heterocycles. The van der Waals surface area contributed by atoms with Crippen LogP contribution in [0.15, 0.2) is 16.5 Å². The molecule has 76 valence electrons. The monoisotopic (exact) mass is 192 g/mol. The zero-order chi connectivity index (χ0) is 10.4. The van der Waals surface area contributed by atoms with Crippen LogP contribution in [0.1, 0.15) is 43.8 Å². The van der Waals surface area contributed by atoms with E-state index in [4.69, 9.17) is 10.8 Å². The maximum atomic E-state index is 9.52. The molecule has 1 heterocycles. The van der Waals surface area contributed by atoms with Crippen molar-refractivity contribution in [3.8, 4) is 12.3 Å². The second kappa shape index (κ2) is 5.51. The Labute approximate surface area is 84.9 Å². The molecule has 0 bridgehead atoms. The van der Waals surface area contributed by atoms with E-state index in [2.05, 4.69) is 12.8 Å². The molecule has 0 radical (unpaired) electrons. The van der Waals surface area contributed by atoms with Crippen LogP contribution in [-0.4, -0.2) is 5.11 Å². The van der Waals surface area contributed by atoms with E-state index in [9.17, 15) is 5.11 Å². The van der Waals surface area contributed by atoms with Crippen LogP contribution < -0.4 is 0 Å². The Morgan fingerprint density at radius 1 is 1.57 bits per heavy atom. The van der Waals surface area contributed by atoms with Gasteiger partial charge in [-0.15, -0.1) is 12.3 Å². The lowest BCUT2D eigenvalue weighted by Crippen LogP contribution is -1.92. The summed E-state index contributed by atoms with van der Waals surface area (Å²) in [6.45, 7) is 2.14. The highest BCUT2D eigenvalue weighted by Gasteiger charge is 2.10. The SMILES string of the molecule is C#CCC(O)c1ccc(CCCC)o1. The van der Waals surface area contributed by atoms with E-state index in [0.29, 0.717) is 12.2 Å². The predicted molar refractivity (Wildman–Crippen MR) is 55.7 cm³/mol. The number of aliphatic hydroxyl groups is 1. The van der Waals surface area contributed by atoms with Crippen molar-refractivity contribution >= 4 is 0 Å². The third kappa shape index (κ3) is 2.93. The number of terminal acetylenes is 1. The smallest absolute Gasteiger partial charge is 0.133 e. The van der Waals surface area contributed by atoms with Crippen LogP contribution in [-0.2, 0) is 6.42 Å². The number of aryl methyl sites for hydroxylation is 1. The minimum Gasteiger partial charge on any atom is -0.463 e. The summed E-state index contributed by atoms with van der Waals surface area (Å²) in [6, 6.07) is 3.71. The Bertz CT molecular complexity index is 306. The van der Waals surface area contributed by atoms with Gasteiger partial charge in [0.15, 0.2) is 0 Å². The molecular weight excluding hydrogens is 176 g/mol. The van der Waals surface area contributed by atoms with Crippen molar-refractivity contribution in [3.05, 3.63) is 23.7 Å². The maximum Gasteiger partial charge on any atom is 0.133 e. The number of rotatable bonds is 5. The zero-order valence-corrected chi connectivity index (χ0v) is 8.49. The fraction of sp³-hybridized carbons (Fsp3) is 0.500. The molecule has 1 N–H and O–H groups in total. The highest BCUT2D eigenvalue weighted by atomic mass is 16.4. The van der Waals surface area contributed by atoms with Gasteiger partial charge in [-0.05, 0) is 18.6 Å². The summed E-state index contributed by atoms with van der Waals surface area (Å²) >= 11 is 0. The molecule has 14 heavy (non-hydrogen) atoms. The average molecular weight is 192 g/mol. The predicted octanol–water partition coefficient (Wildman–Crippen LogP) is 2.68. The molecule has 0 aromatic carbocycles. The molecule has 0 spiro atoms. The average Bonchev–Trinajstić information content (AvgIpc) is 2.63. The largest absolute Gasteiger partial charge is 0.463 e. The first-order valence-electron chi connectivity index (χ1n) is 4.98. The maximum absolute atomic E-state index is 9.52. The molecule has 1 atom stereocenters. The van der Waals surface area contributed by atoms with E-state index in [1.54, 1.807) is 6.07 Å². The van der Waals surface area contributed by atoms with E-state index < -0.39 is 6.10 Å². The molecule has 0 saturated heterocycles. The molecule has 0 amide bonds. The van der Waals surface area contributed by atoms with Crippen molar-refractivity contribution in [1.82, 2.24) is 0 Å². The third-order valence-corrected chi connectivity index (χ3v) is 2.10. The molecule has 2 heteroatoms. The van der Waals surface area contributed by atoms with Crippen molar-refractivity contribution in [3.63, 3.8) is 0 Å². The van der Waals surface area contributed by atoms with Gasteiger partial charge in [0.25, 0.3) is 0 Å². The van der Waals surface area contributed by atoms with Crippen LogP contribution in [0.3, 0.4) is 0 Å². The van der Waals surface area contributed by atoms with E-state index in [-0.39, 0.29) is 0 Å². The number of unbranched alkanes of at least 4 members (excludes halogenated alkanes) is 1. The van der Waals surface area contributed by atoms with E-state index in [0.717, 1.165) is 25.0 Å². The molecule has 0 aliphatic carbocycles. The van der Waals surface area contributed by atoms with Gasteiger partial charge in [0.05, 0.1) is 0 Å². The number of aliphatic hydroxyl groups excluding tert-OH is 1. The summed E-state index contributed by atoms with van der Waals surface area (Å²) < 4.78 is 5.45. The summed E-state index contributed by atoms with van der Waals surface area (Å²) in [5.41, 5.74) is 0. The standard InChI is InChI=1S/C12H16O2/c1-3-5-7-10-8-9-12(14-10)11(13)6-4-2/h2,8-9,11,13H,3,5-7H2,1H3. The van der Waals surface area contributed by atoms with Crippen LogP contribution in [0.2, 0.25) is 0 Å². The summed E-state index contributed by atoms with van der Waals surface area (Å²) in [5, 5.41) is 9.52. The van der Waals surface area contributed by atoms with Gasteiger partial charge in [0.1, 0.15) is 17.6 Å². The number of furan rings is 1. The van der Waals surface area contributed by atoms with Crippen molar-refractivity contribution in [2.75, 3.05) is 0 Å². The Morgan fingerprint density at radius 3 is 3.00 bits per heavy atom. The van der Waals surface area contributed by atoms with Crippen molar-refractivity contribution in [2.24, 2.45) is 0 Å². The van der Waals surface area contributed by atoms with Gasteiger partial charge in [0, 0.05) is 12.8 Å². The van der Waals surface area contributed by atoms with Crippen LogP contribution in [0, 0.1) is 12.3 Å². The van der Waals surface area contributed by atoms with Gasteiger partial charge < -0.3 is 9.52 Å². The molecule has 0 saturated carbocycles. The minimum atomic E-state index is -0.657. The van der Waals surface area contributed by atoms with Gasteiger partial charge in [0.2, 0.25) is 0 Å². The number of hydrogen-bond donors (Lipinski definition) is 1. The number of hydrogen-bond acceptors (Lipinski definition) is 2. The summed E-state index contributed by atoms with van der Waals surface area (Å²) in [6.07, 6.45) is 7.93. The minimum absolute atomic E-state index is 0.306. The Balaban J connectivity index is 2.54. The fourth-order valence-corrected chi connectivity index (χ4v) is 1.27. The van der Waals surface area contributed by atoms with E-state index >= 15 is 0 Å². The lowest BCUT2D eigenvalue weighted by molar-refractivity contribution is 0.153. The van der Waals surface area contributed by atoms with Crippen molar-refractivity contribution in [2.45, 2.75) is 38.7 Å². The topological polar surface area (TPSA) is 33.4 Å². The van der Waals surface area contributed by atoms with Crippen LogP contribution in [0.25, 0.3) is 0 Å². The van der Waals surface area contributed by atoms with Crippen LogP contribution in [0.5, 0.6) is 0 Å². The molecular formula is C12H16O2. The quantitative estimate of drug-likeness (QED) is 0.727. The normalized spacial score (nSPS) is 12.4. The zero-order valence-electron chi connectivity index (χ0n) is 8.49. The first-order valence-corrected chi connectivity index (χ1v) is 4.98. The van der Waals surface area contributed by atoms with Crippen LogP contribution in [0.4, 0.5) is 0 Å². The van der Waals surface area contributed by atoms with Gasteiger partial charge in [-0.3, -0.25) is 0 Å². The van der Waals surface area contributed by atoms with Gasteiger partial charge in [-0.1, -0.05) is 13.3 Å². The summed E-state index contributed by atoms with van der Waals surface area (Å²) in [5.74, 6) is 3.91. The highest BCUT2D eigenvalue weighted by molar-refractivity contribution is 5.11. The Hall–Kier alpha value is -1.20. The Kier molecular flexibility index (Phi) is 4.28. The van der Waals surface area contributed by atoms with E-state index in [1.807, 2.05) is 6.07 Å². The van der Waals surface area contributed by atoms with Crippen molar-refractivity contribution < 1.29 is 9.52 Å². The van der Waals surface area contributed by atoms with E-state index in [1.165, 1.54) is 0 Å².